The van der Waals surface area contributed by atoms with E-state index in [1.54, 1.807) is 36.4 Å². The van der Waals surface area contributed by atoms with E-state index in [1.807, 2.05) is 31.2 Å². The zero-order chi connectivity index (χ0) is 30.2. The molecule has 0 bridgehead atoms. The number of halogens is 6. The number of nitrogens with one attached hydrogen (secondary N) is 1. The molecule has 0 aliphatic carbocycles. The van der Waals surface area contributed by atoms with E-state index in [1.165, 1.54) is 7.05 Å². The number of carbonyl (C=O) groups is 2. The Bertz CT molecular complexity index is 1220. The first-order valence-electron chi connectivity index (χ1n) is 13.3. The molecule has 0 aromatic heterocycles. The van der Waals surface area contributed by atoms with Gasteiger partial charge in [0.2, 0.25) is 5.91 Å². The average Bonchev–Trinajstić information content (AvgIpc) is 2.94. The maximum absolute atomic E-state index is 13.7. The van der Waals surface area contributed by atoms with E-state index < -0.39 is 46.9 Å². The summed E-state index contributed by atoms with van der Waals surface area (Å²) >= 11 is 0. The Balaban J connectivity index is 2.08. The second kappa shape index (κ2) is 13.7. The van der Waals surface area contributed by atoms with Crippen molar-refractivity contribution in [3.8, 4) is 0 Å². The van der Waals surface area contributed by atoms with E-state index in [0.717, 1.165) is 28.9 Å². The van der Waals surface area contributed by atoms with Gasteiger partial charge in [-0.1, -0.05) is 74.0 Å². The van der Waals surface area contributed by atoms with Gasteiger partial charge in [-0.2, -0.15) is 26.3 Å². The van der Waals surface area contributed by atoms with Crippen molar-refractivity contribution >= 4 is 11.8 Å². The van der Waals surface area contributed by atoms with E-state index in [-0.39, 0.29) is 24.8 Å². The number of hydrogen-bond donors (Lipinski definition) is 1. The van der Waals surface area contributed by atoms with Gasteiger partial charge in [-0.3, -0.25) is 9.59 Å². The Morgan fingerprint density at radius 2 is 1.29 bits per heavy atom. The number of likely N-dealkylation sites (N-methyl/N-ethyl adjacent to an activating group) is 1. The molecule has 3 rings (SSSR count). The molecule has 0 aliphatic rings. The maximum atomic E-state index is 13.7. The number of nitrogens with zero attached hydrogens (tertiary/aromatic N) is 1. The van der Waals surface area contributed by atoms with Crippen LogP contribution in [0.25, 0.3) is 0 Å². The summed E-state index contributed by atoms with van der Waals surface area (Å²) < 4.78 is 81.2. The summed E-state index contributed by atoms with van der Waals surface area (Å²) in [6.07, 6.45) is -8.43. The number of amides is 2. The van der Waals surface area contributed by atoms with Crippen LogP contribution >= 0.6 is 0 Å². The Labute approximate surface area is 235 Å². The van der Waals surface area contributed by atoms with Crippen molar-refractivity contribution in [3.05, 3.63) is 107 Å². The highest BCUT2D eigenvalue weighted by Gasteiger charge is 2.39. The van der Waals surface area contributed by atoms with Gasteiger partial charge < -0.3 is 10.2 Å². The van der Waals surface area contributed by atoms with E-state index >= 15 is 0 Å². The summed E-state index contributed by atoms with van der Waals surface area (Å²) in [5.74, 6) is -1.81. The van der Waals surface area contributed by atoms with Crippen LogP contribution in [0.3, 0.4) is 0 Å². The molecule has 0 saturated carbocycles. The van der Waals surface area contributed by atoms with Gasteiger partial charge in [0.05, 0.1) is 11.1 Å². The molecule has 3 aromatic rings. The van der Waals surface area contributed by atoms with Gasteiger partial charge in [-0.25, -0.2) is 0 Å². The van der Waals surface area contributed by atoms with Crippen LogP contribution in [0.4, 0.5) is 26.3 Å². The lowest BCUT2D eigenvalue weighted by atomic mass is 9.82. The lowest BCUT2D eigenvalue weighted by molar-refractivity contribution is -0.143. The zero-order valence-electron chi connectivity index (χ0n) is 22.7. The predicted octanol–water partition coefficient (Wildman–Crippen LogP) is 7.69. The van der Waals surface area contributed by atoms with E-state index in [4.69, 9.17) is 0 Å². The first-order chi connectivity index (χ1) is 19.3. The minimum Gasteiger partial charge on any atom is -0.356 e. The van der Waals surface area contributed by atoms with Crippen LogP contribution in [0, 0.1) is 0 Å². The maximum Gasteiger partial charge on any atom is 0.416 e. The molecule has 4 nitrogen and oxygen atoms in total. The second-order valence-electron chi connectivity index (χ2n) is 9.82. The molecule has 0 aliphatic heterocycles. The molecule has 2 amide bonds. The molecule has 0 saturated heterocycles. The average molecular weight is 579 g/mol. The molecule has 1 unspecified atom stereocenters. The van der Waals surface area contributed by atoms with Crippen LogP contribution in [0.2, 0.25) is 0 Å². The molecule has 3 aromatic carbocycles. The van der Waals surface area contributed by atoms with Gasteiger partial charge in [0.1, 0.15) is 0 Å². The monoisotopic (exact) mass is 578 g/mol. The Kier molecular flexibility index (Phi) is 10.6. The van der Waals surface area contributed by atoms with Crippen molar-refractivity contribution in [2.24, 2.45) is 0 Å². The highest BCUT2D eigenvalue weighted by molar-refractivity contribution is 5.95. The third-order valence-electron chi connectivity index (χ3n) is 6.87. The number of hydrogen-bond acceptors (Lipinski definition) is 2. The van der Waals surface area contributed by atoms with Crippen molar-refractivity contribution in [1.82, 2.24) is 10.2 Å². The SMILES string of the molecule is CCCCNC(=O)CCC(C(c1ccccc1)c1ccccc1)N(C)C(=O)c1cc(C(F)(F)F)cc(C(F)(F)F)c1. The molecule has 1 atom stereocenters. The minimum absolute atomic E-state index is 0.00143. The summed E-state index contributed by atoms with van der Waals surface area (Å²) in [4.78, 5) is 27.4. The lowest BCUT2D eigenvalue weighted by Gasteiger charge is -2.36. The van der Waals surface area contributed by atoms with Crippen LogP contribution in [-0.2, 0) is 17.1 Å². The topological polar surface area (TPSA) is 49.4 Å². The van der Waals surface area contributed by atoms with Crippen molar-refractivity contribution < 1.29 is 35.9 Å². The van der Waals surface area contributed by atoms with Gasteiger partial charge in [0.15, 0.2) is 0 Å². The fourth-order valence-corrected chi connectivity index (χ4v) is 4.75. The Morgan fingerprint density at radius 1 is 0.805 bits per heavy atom. The third-order valence-corrected chi connectivity index (χ3v) is 6.87. The van der Waals surface area contributed by atoms with Crippen LogP contribution in [0.5, 0.6) is 0 Å². The fraction of sp³-hybridized carbons (Fsp3) is 0.355. The first-order valence-corrected chi connectivity index (χ1v) is 13.3. The Morgan fingerprint density at radius 3 is 1.73 bits per heavy atom. The highest BCUT2D eigenvalue weighted by Crippen LogP contribution is 2.38. The minimum atomic E-state index is -5.10. The number of unbranched alkanes of at least 4 members (excludes halogenated alkanes) is 1. The zero-order valence-corrected chi connectivity index (χ0v) is 22.7. The Hall–Kier alpha value is -3.82. The van der Waals surface area contributed by atoms with Crippen LogP contribution < -0.4 is 5.32 Å². The molecule has 0 spiro atoms. The van der Waals surface area contributed by atoms with Gasteiger partial charge in [0.25, 0.3) is 5.91 Å². The number of rotatable bonds is 11. The summed E-state index contributed by atoms with van der Waals surface area (Å²) in [5, 5.41) is 2.81. The van der Waals surface area contributed by atoms with Crippen LogP contribution in [-0.4, -0.2) is 36.3 Å². The number of benzene rings is 3. The van der Waals surface area contributed by atoms with Crippen molar-refractivity contribution in [3.63, 3.8) is 0 Å². The molecule has 10 heteroatoms. The van der Waals surface area contributed by atoms with E-state index in [9.17, 15) is 35.9 Å². The molecule has 0 fully saturated rings. The van der Waals surface area contributed by atoms with Gasteiger partial charge >= 0.3 is 12.4 Å². The third kappa shape index (κ3) is 8.58. The standard InChI is InChI=1S/C31H32F6N2O2/c1-3-4-17-38-27(40)16-15-26(28(21-11-7-5-8-12-21)22-13-9-6-10-14-22)39(2)29(41)23-18-24(30(32,33)34)20-25(19-23)31(35,36)37/h5-14,18-20,26,28H,3-4,15-17H2,1-2H3,(H,38,40). The number of carbonyl (C=O) groups excluding carboxylic acids is 2. The fourth-order valence-electron chi connectivity index (χ4n) is 4.75. The van der Waals surface area contributed by atoms with Crippen molar-refractivity contribution in [2.45, 2.75) is 56.9 Å². The number of alkyl halides is 6. The van der Waals surface area contributed by atoms with Gasteiger partial charge in [-0.15, -0.1) is 0 Å². The van der Waals surface area contributed by atoms with E-state index in [2.05, 4.69) is 5.32 Å². The van der Waals surface area contributed by atoms with Gasteiger partial charge in [0, 0.05) is 37.5 Å². The summed E-state index contributed by atoms with van der Waals surface area (Å²) in [7, 11) is 1.34. The molecule has 220 valence electrons. The van der Waals surface area contributed by atoms with Crippen molar-refractivity contribution in [2.75, 3.05) is 13.6 Å². The second-order valence-corrected chi connectivity index (χ2v) is 9.82. The largest absolute Gasteiger partial charge is 0.416 e. The van der Waals surface area contributed by atoms with E-state index in [0.29, 0.717) is 18.7 Å². The van der Waals surface area contributed by atoms with Crippen molar-refractivity contribution in [1.29, 1.82) is 0 Å². The molecule has 1 N–H and O–H groups in total. The van der Waals surface area contributed by atoms with Crippen LogP contribution in [0.15, 0.2) is 78.9 Å². The summed E-state index contributed by atoms with van der Waals surface area (Å²) in [6.45, 7) is 2.45. The summed E-state index contributed by atoms with van der Waals surface area (Å²) in [6, 6.07) is 18.2. The van der Waals surface area contributed by atoms with Crippen LogP contribution in [0.1, 0.15) is 71.1 Å². The highest BCUT2D eigenvalue weighted by atomic mass is 19.4. The smallest absolute Gasteiger partial charge is 0.356 e. The summed E-state index contributed by atoms with van der Waals surface area (Å²) in [5.41, 5.74) is -2.34. The first kappa shape index (κ1) is 31.7. The quantitative estimate of drug-likeness (QED) is 0.187. The van der Waals surface area contributed by atoms with Gasteiger partial charge in [-0.05, 0) is 42.2 Å². The molecular formula is C31H32F6N2O2. The lowest BCUT2D eigenvalue weighted by Crippen LogP contribution is -2.42. The molecule has 0 radical (unpaired) electrons. The molecule has 0 heterocycles. The predicted molar refractivity (Wildman–Crippen MR) is 144 cm³/mol. The molecular weight excluding hydrogens is 546 g/mol. The normalized spacial score (nSPS) is 12.7. The molecule has 41 heavy (non-hydrogen) atoms.